The van der Waals surface area contributed by atoms with E-state index in [9.17, 15) is 4.79 Å². The number of halogens is 1. The molecule has 0 aliphatic carbocycles. The van der Waals surface area contributed by atoms with Crippen molar-refractivity contribution in [3.63, 3.8) is 0 Å². The predicted molar refractivity (Wildman–Crippen MR) is 77.3 cm³/mol. The fourth-order valence-corrected chi connectivity index (χ4v) is 3.17. The highest BCUT2D eigenvalue weighted by molar-refractivity contribution is 7.16. The Morgan fingerprint density at radius 3 is 3.00 bits per heavy atom. The van der Waals surface area contributed by atoms with E-state index in [-0.39, 0.29) is 12.5 Å². The molecule has 6 heteroatoms. The van der Waals surface area contributed by atoms with E-state index < -0.39 is 5.54 Å². The summed E-state index contributed by atoms with van der Waals surface area (Å²) in [6.07, 6.45) is 2.26. The molecule has 0 spiro atoms. The van der Waals surface area contributed by atoms with Gasteiger partial charge in [0.1, 0.15) is 5.54 Å². The van der Waals surface area contributed by atoms with Gasteiger partial charge in [-0.25, -0.2) is 0 Å². The van der Waals surface area contributed by atoms with E-state index in [2.05, 4.69) is 6.58 Å². The van der Waals surface area contributed by atoms with Gasteiger partial charge in [0.05, 0.1) is 17.5 Å². The molecule has 1 fully saturated rings. The molecule has 1 unspecified atom stereocenters. The average molecular weight is 301 g/mol. The van der Waals surface area contributed by atoms with Crippen molar-refractivity contribution in [2.24, 2.45) is 5.73 Å². The zero-order valence-electron chi connectivity index (χ0n) is 10.6. The van der Waals surface area contributed by atoms with E-state index in [1.54, 1.807) is 11.0 Å². The lowest BCUT2D eigenvalue weighted by Crippen LogP contribution is -2.55. The highest BCUT2D eigenvalue weighted by Gasteiger charge is 2.40. The molecule has 2 heterocycles. The third kappa shape index (κ3) is 3.36. The Labute approximate surface area is 121 Å². The molecule has 1 aliphatic heterocycles. The minimum Gasteiger partial charge on any atom is -0.379 e. The SMILES string of the molecule is C=CCN(Cc1ccc(Cl)s1)C(=O)C1(N)CCOC1. The molecule has 104 valence electrons. The predicted octanol–water partition coefficient (Wildman–Crippen LogP) is 2.03. The summed E-state index contributed by atoms with van der Waals surface area (Å²) in [7, 11) is 0. The van der Waals surface area contributed by atoms with Crippen LogP contribution in [0.1, 0.15) is 11.3 Å². The van der Waals surface area contributed by atoms with Crippen LogP contribution in [0.5, 0.6) is 0 Å². The minimum absolute atomic E-state index is 0.0885. The number of nitrogens with zero attached hydrogens (tertiary/aromatic N) is 1. The number of carbonyl (C=O) groups is 1. The maximum Gasteiger partial charge on any atom is 0.245 e. The lowest BCUT2D eigenvalue weighted by Gasteiger charge is -2.29. The third-order valence-electron chi connectivity index (χ3n) is 3.09. The maximum atomic E-state index is 12.5. The van der Waals surface area contributed by atoms with Crippen molar-refractivity contribution in [3.8, 4) is 0 Å². The van der Waals surface area contributed by atoms with E-state index in [4.69, 9.17) is 22.1 Å². The highest BCUT2D eigenvalue weighted by Crippen LogP contribution is 2.25. The normalized spacial score (nSPS) is 22.4. The van der Waals surface area contributed by atoms with E-state index in [0.717, 1.165) is 4.88 Å². The molecule has 2 N–H and O–H groups in total. The van der Waals surface area contributed by atoms with E-state index in [1.807, 2.05) is 12.1 Å². The van der Waals surface area contributed by atoms with Gasteiger partial charge in [-0.15, -0.1) is 17.9 Å². The lowest BCUT2D eigenvalue weighted by molar-refractivity contribution is -0.137. The molecule has 4 nitrogen and oxygen atoms in total. The average Bonchev–Trinajstić information content (AvgIpc) is 2.98. The van der Waals surface area contributed by atoms with Crippen LogP contribution in [0, 0.1) is 0 Å². The van der Waals surface area contributed by atoms with Gasteiger partial charge in [0.2, 0.25) is 5.91 Å². The zero-order chi connectivity index (χ0) is 13.9. The Morgan fingerprint density at radius 1 is 1.68 bits per heavy atom. The summed E-state index contributed by atoms with van der Waals surface area (Å²) < 4.78 is 5.96. The summed E-state index contributed by atoms with van der Waals surface area (Å²) in [4.78, 5) is 15.2. The summed E-state index contributed by atoms with van der Waals surface area (Å²) >= 11 is 7.37. The first-order chi connectivity index (χ1) is 9.05. The number of nitrogens with two attached hydrogens (primary N) is 1. The van der Waals surface area contributed by atoms with Gasteiger partial charge in [0.15, 0.2) is 0 Å². The summed E-state index contributed by atoms with van der Waals surface area (Å²) in [6, 6.07) is 3.75. The van der Waals surface area contributed by atoms with Crippen molar-refractivity contribution in [2.75, 3.05) is 19.8 Å². The van der Waals surface area contributed by atoms with Crippen LogP contribution in [-0.2, 0) is 16.1 Å². The second-order valence-electron chi connectivity index (χ2n) is 4.64. The summed E-state index contributed by atoms with van der Waals surface area (Å²) in [5.41, 5.74) is 5.22. The van der Waals surface area contributed by atoms with Gasteiger partial charge in [0.25, 0.3) is 0 Å². The van der Waals surface area contributed by atoms with Crippen LogP contribution in [0.4, 0.5) is 0 Å². The van der Waals surface area contributed by atoms with Crippen LogP contribution in [0.25, 0.3) is 0 Å². The smallest absolute Gasteiger partial charge is 0.245 e. The van der Waals surface area contributed by atoms with E-state index in [1.165, 1.54) is 11.3 Å². The Morgan fingerprint density at radius 2 is 2.47 bits per heavy atom. The van der Waals surface area contributed by atoms with E-state index in [0.29, 0.717) is 30.5 Å². The second kappa shape index (κ2) is 6.05. The first-order valence-electron chi connectivity index (χ1n) is 6.06. The number of carbonyl (C=O) groups excluding carboxylic acids is 1. The van der Waals surface area contributed by atoms with Gasteiger partial charge in [-0.1, -0.05) is 17.7 Å². The molecule has 1 saturated heterocycles. The summed E-state index contributed by atoms with van der Waals surface area (Å²) in [5.74, 6) is -0.0885. The maximum absolute atomic E-state index is 12.5. The molecular weight excluding hydrogens is 284 g/mol. The number of ether oxygens (including phenoxy) is 1. The quantitative estimate of drug-likeness (QED) is 0.847. The fourth-order valence-electron chi connectivity index (χ4n) is 2.06. The summed E-state index contributed by atoms with van der Waals surface area (Å²) in [6.45, 7) is 5.48. The summed E-state index contributed by atoms with van der Waals surface area (Å²) in [5, 5.41) is 0. The number of hydrogen-bond acceptors (Lipinski definition) is 4. The van der Waals surface area contributed by atoms with Crippen molar-refractivity contribution in [2.45, 2.75) is 18.5 Å². The number of hydrogen-bond donors (Lipinski definition) is 1. The molecule has 19 heavy (non-hydrogen) atoms. The van der Waals surface area contributed by atoms with Crippen molar-refractivity contribution < 1.29 is 9.53 Å². The molecule has 1 aromatic heterocycles. The van der Waals surface area contributed by atoms with Crippen molar-refractivity contribution in [1.82, 2.24) is 4.90 Å². The largest absolute Gasteiger partial charge is 0.379 e. The first kappa shape index (κ1) is 14.5. The fraction of sp³-hybridized carbons (Fsp3) is 0.462. The first-order valence-corrected chi connectivity index (χ1v) is 7.26. The molecule has 1 aromatic rings. The number of amides is 1. The standard InChI is InChI=1S/C13H17ClN2O2S/c1-2-6-16(8-10-3-4-11(14)19-10)12(17)13(15)5-7-18-9-13/h2-4H,1,5-9,15H2. The van der Waals surface area contributed by atoms with Gasteiger partial charge in [-0.3, -0.25) is 4.79 Å². The lowest BCUT2D eigenvalue weighted by atomic mass is 9.98. The monoisotopic (exact) mass is 300 g/mol. The molecule has 0 saturated carbocycles. The van der Waals surface area contributed by atoms with Crippen LogP contribution in [0.3, 0.4) is 0 Å². The topological polar surface area (TPSA) is 55.6 Å². The molecule has 1 atom stereocenters. The van der Waals surface area contributed by atoms with Crippen LogP contribution < -0.4 is 5.73 Å². The molecule has 0 bridgehead atoms. The Balaban J connectivity index is 2.10. The van der Waals surface area contributed by atoms with Crippen LogP contribution in [0.15, 0.2) is 24.8 Å². The minimum atomic E-state index is -0.899. The van der Waals surface area contributed by atoms with E-state index >= 15 is 0 Å². The number of rotatable bonds is 5. The van der Waals surface area contributed by atoms with Gasteiger partial charge in [-0.05, 0) is 18.6 Å². The van der Waals surface area contributed by atoms with Gasteiger partial charge in [0, 0.05) is 18.0 Å². The number of thiophene rings is 1. The zero-order valence-corrected chi connectivity index (χ0v) is 12.2. The van der Waals surface area contributed by atoms with Gasteiger partial charge in [-0.2, -0.15) is 0 Å². The molecule has 2 rings (SSSR count). The Kier molecular flexibility index (Phi) is 4.62. The second-order valence-corrected chi connectivity index (χ2v) is 6.44. The van der Waals surface area contributed by atoms with Gasteiger partial charge < -0.3 is 15.4 Å². The van der Waals surface area contributed by atoms with Crippen LogP contribution >= 0.6 is 22.9 Å². The van der Waals surface area contributed by atoms with Crippen molar-refractivity contribution in [3.05, 3.63) is 34.0 Å². The highest BCUT2D eigenvalue weighted by atomic mass is 35.5. The Hall–Kier alpha value is -0.880. The third-order valence-corrected chi connectivity index (χ3v) is 4.31. The molecular formula is C13H17ClN2O2S. The Bertz CT molecular complexity index is 469. The molecule has 1 aliphatic rings. The van der Waals surface area contributed by atoms with Crippen LogP contribution in [-0.4, -0.2) is 36.1 Å². The van der Waals surface area contributed by atoms with Gasteiger partial charge >= 0.3 is 0 Å². The molecule has 0 radical (unpaired) electrons. The molecule has 0 aromatic carbocycles. The van der Waals surface area contributed by atoms with Crippen molar-refractivity contribution >= 4 is 28.8 Å². The van der Waals surface area contributed by atoms with Crippen LogP contribution in [0.2, 0.25) is 4.34 Å². The van der Waals surface area contributed by atoms with Crippen molar-refractivity contribution in [1.29, 1.82) is 0 Å². The molecule has 1 amide bonds.